The van der Waals surface area contributed by atoms with Crippen LogP contribution in [-0.2, 0) is 4.79 Å². The first kappa shape index (κ1) is 16.1. The van der Waals surface area contributed by atoms with Crippen LogP contribution in [0.25, 0.3) is 0 Å². The molecule has 3 rings (SSSR count). The van der Waals surface area contributed by atoms with E-state index in [9.17, 15) is 9.18 Å². The van der Waals surface area contributed by atoms with Gasteiger partial charge in [-0.2, -0.15) is 0 Å². The van der Waals surface area contributed by atoms with E-state index in [-0.39, 0.29) is 17.8 Å². The van der Waals surface area contributed by atoms with Gasteiger partial charge in [-0.05, 0) is 49.0 Å². The number of hydrogen-bond donors (Lipinski definition) is 3. The van der Waals surface area contributed by atoms with Crippen LogP contribution in [0.15, 0.2) is 65.9 Å². The van der Waals surface area contributed by atoms with Crippen molar-refractivity contribution in [3.05, 3.63) is 77.2 Å². The Hall–Kier alpha value is -2.73. The summed E-state index contributed by atoms with van der Waals surface area (Å²) in [7, 11) is 0. The number of halogens is 1. The van der Waals surface area contributed by atoms with Crippen molar-refractivity contribution in [1.29, 1.82) is 0 Å². The molecule has 0 fully saturated rings. The second-order valence-corrected chi connectivity index (χ2v) is 5.85. The van der Waals surface area contributed by atoms with Gasteiger partial charge in [0.25, 0.3) is 5.91 Å². The number of anilines is 1. The quantitative estimate of drug-likeness (QED) is 0.750. The van der Waals surface area contributed by atoms with Gasteiger partial charge in [-0.15, -0.1) is 0 Å². The zero-order valence-electron chi connectivity index (χ0n) is 13.0. The Bertz CT molecular complexity index is 803. The van der Waals surface area contributed by atoms with Crippen LogP contribution in [0.4, 0.5) is 10.1 Å². The third kappa shape index (κ3) is 3.44. The van der Waals surface area contributed by atoms with Crippen molar-refractivity contribution in [3.8, 4) is 0 Å². The van der Waals surface area contributed by atoms with Crippen molar-refractivity contribution >= 4 is 28.9 Å². The van der Waals surface area contributed by atoms with E-state index in [0.717, 1.165) is 5.56 Å². The van der Waals surface area contributed by atoms with Gasteiger partial charge in [0.1, 0.15) is 5.82 Å². The molecule has 0 unspecified atom stereocenters. The number of thiocarbonyl (C=S) groups is 1. The maximum atomic E-state index is 13.0. The lowest BCUT2D eigenvalue weighted by Gasteiger charge is -2.30. The first-order chi connectivity index (χ1) is 11.5. The highest BCUT2D eigenvalue weighted by Gasteiger charge is 2.29. The molecular weight excluding hydrogens is 325 g/mol. The summed E-state index contributed by atoms with van der Waals surface area (Å²) in [6, 6.07) is 14.9. The number of nitrogens with one attached hydrogen (secondary N) is 3. The number of carbonyl (C=O) groups excluding carboxylic acids is 1. The van der Waals surface area contributed by atoms with Crippen LogP contribution in [0.5, 0.6) is 0 Å². The fourth-order valence-electron chi connectivity index (χ4n) is 2.62. The summed E-state index contributed by atoms with van der Waals surface area (Å²) >= 11 is 5.21. The third-order valence-corrected chi connectivity index (χ3v) is 3.97. The first-order valence-corrected chi connectivity index (χ1v) is 7.85. The zero-order valence-corrected chi connectivity index (χ0v) is 13.8. The summed E-state index contributed by atoms with van der Waals surface area (Å²) in [5, 5.41) is 9.38. The van der Waals surface area contributed by atoms with Crippen LogP contribution in [0.2, 0.25) is 0 Å². The van der Waals surface area contributed by atoms with Crippen molar-refractivity contribution in [2.45, 2.75) is 13.0 Å². The highest BCUT2D eigenvalue weighted by atomic mass is 32.1. The fraction of sp³-hybridized carbons (Fsp3) is 0.111. The standard InChI is InChI=1S/C18H16FN3OS/c1-11-15(17(23)21-14-9-7-13(19)8-10-14)16(22-18(24)20-11)12-5-3-2-4-6-12/h2-10,16H,1H3,(H,21,23)(H2,20,22,24)/t16-/m1/s1. The van der Waals surface area contributed by atoms with E-state index in [0.29, 0.717) is 22.1 Å². The third-order valence-electron chi connectivity index (χ3n) is 3.75. The molecule has 1 atom stereocenters. The van der Waals surface area contributed by atoms with Crippen LogP contribution in [0.3, 0.4) is 0 Å². The van der Waals surface area contributed by atoms with Gasteiger partial charge in [-0.1, -0.05) is 30.3 Å². The second kappa shape index (κ2) is 6.80. The Labute approximate surface area is 144 Å². The second-order valence-electron chi connectivity index (χ2n) is 5.44. The minimum Gasteiger partial charge on any atom is -0.351 e. The lowest BCUT2D eigenvalue weighted by atomic mass is 9.95. The SMILES string of the molecule is CC1=C(C(=O)Nc2ccc(F)cc2)[C@@H](c2ccccc2)NC(=S)N1. The smallest absolute Gasteiger partial charge is 0.255 e. The molecule has 4 nitrogen and oxygen atoms in total. The monoisotopic (exact) mass is 341 g/mol. The first-order valence-electron chi connectivity index (χ1n) is 7.45. The van der Waals surface area contributed by atoms with Gasteiger partial charge in [0, 0.05) is 11.4 Å². The van der Waals surface area contributed by atoms with E-state index < -0.39 is 0 Å². The van der Waals surface area contributed by atoms with E-state index in [2.05, 4.69) is 16.0 Å². The molecule has 1 aliphatic rings. The summed E-state index contributed by atoms with van der Waals surface area (Å²) in [6.45, 7) is 1.81. The summed E-state index contributed by atoms with van der Waals surface area (Å²) in [4.78, 5) is 12.8. The van der Waals surface area contributed by atoms with E-state index in [4.69, 9.17) is 12.2 Å². The molecule has 0 radical (unpaired) electrons. The maximum absolute atomic E-state index is 13.0. The Kier molecular flexibility index (Phi) is 4.57. The number of benzene rings is 2. The van der Waals surface area contributed by atoms with Crippen molar-refractivity contribution in [2.24, 2.45) is 0 Å². The van der Waals surface area contributed by atoms with Crippen LogP contribution in [0, 0.1) is 5.82 Å². The van der Waals surface area contributed by atoms with Crippen LogP contribution >= 0.6 is 12.2 Å². The lowest BCUT2D eigenvalue weighted by Crippen LogP contribution is -2.45. The Morgan fingerprint density at radius 3 is 2.46 bits per heavy atom. The van der Waals surface area contributed by atoms with Gasteiger partial charge in [-0.3, -0.25) is 4.79 Å². The maximum Gasteiger partial charge on any atom is 0.255 e. The molecule has 0 aliphatic carbocycles. The van der Waals surface area contributed by atoms with E-state index in [1.807, 2.05) is 37.3 Å². The molecule has 24 heavy (non-hydrogen) atoms. The number of allylic oxidation sites excluding steroid dienone is 1. The molecule has 6 heteroatoms. The van der Waals surface area contributed by atoms with Crippen molar-refractivity contribution in [2.75, 3.05) is 5.32 Å². The summed E-state index contributed by atoms with van der Waals surface area (Å²) in [5.41, 5.74) is 2.69. The molecule has 2 aromatic carbocycles. The highest BCUT2D eigenvalue weighted by molar-refractivity contribution is 7.80. The molecule has 0 saturated carbocycles. The predicted octanol–water partition coefficient (Wildman–Crippen LogP) is 3.26. The summed E-state index contributed by atoms with van der Waals surface area (Å²) in [6.07, 6.45) is 0. The number of carbonyl (C=O) groups is 1. The van der Waals surface area contributed by atoms with E-state index in [1.54, 1.807) is 0 Å². The zero-order chi connectivity index (χ0) is 17.1. The molecule has 0 bridgehead atoms. The van der Waals surface area contributed by atoms with Gasteiger partial charge in [0.05, 0.1) is 11.6 Å². The average Bonchev–Trinajstić information content (AvgIpc) is 2.57. The number of rotatable bonds is 3. The van der Waals surface area contributed by atoms with Crippen LogP contribution < -0.4 is 16.0 Å². The van der Waals surface area contributed by atoms with Crippen LogP contribution in [0.1, 0.15) is 18.5 Å². The van der Waals surface area contributed by atoms with Crippen molar-refractivity contribution < 1.29 is 9.18 Å². The van der Waals surface area contributed by atoms with Gasteiger partial charge >= 0.3 is 0 Å². The molecule has 2 aromatic rings. The Morgan fingerprint density at radius 2 is 1.79 bits per heavy atom. The largest absolute Gasteiger partial charge is 0.351 e. The molecule has 3 N–H and O–H groups in total. The Morgan fingerprint density at radius 1 is 1.12 bits per heavy atom. The number of amides is 1. The normalized spacial score (nSPS) is 17.1. The minimum atomic E-state index is -0.350. The fourth-order valence-corrected chi connectivity index (χ4v) is 2.89. The molecule has 0 aromatic heterocycles. The number of hydrogen-bond acceptors (Lipinski definition) is 2. The van der Waals surface area contributed by atoms with Crippen LogP contribution in [-0.4, -0.2) is 11.0 Å². The van der Waals surface area contributed by atoms with Gasteiger partial charge < -0.3 is 16.0 Å². The predicted molar refractivity (Wildman–Crippen MR) is 95.8 cm³/mol. The molecule has 1 heterocycles. The van der Waals surface area contributed by atoms with E-state index in [1.165, 1.54) is 24.3 Å². The summed E-state index contributed by atoms with van der Waals surface area (Å²) in [5.74, 6) is -0.618. The van der Waals surface area contributed by atoms with Gasteiger partial charge in [0.15, 0.2) is 5.11 Å². The van der Waals surface area contributed by atoms with Gasteiger partial charge in [-0.25, -0.2) is 4.39 Å². The molecule has 0 saturated heterocycles. The Balaban J connectivity index is 1.92. The molecule has 1 amide bonds. The lowest BCUT2D eigenvalue weighted by molar-refractivity contribution is -0.113. The highest BCUT2D eigenvalue weighted by Crippen LogP contribution is 2.27. The average molecular weight is 341 g/mol. The van der Waals surface area contributed by atoms with Crippen molar-refractivity contribution in [3.63, 3.8) is 0 Å². The molecule has 122 valence electrons. The molecule has 0 spiro atoms. The molecular formula is C18H16FN3OS. The summed E-state index contributed by atoms with van der Waals surface area (Å²) < 4.78 is 13.0. The minimum absolute atomic E-state index is 0.268. The van der Waals surface area contributed by atoms with Gasteiger partial charge in [0.2, 0.25) is 0 Å². The topological polar surface area (TPSA) is 53.2 Å². The van der Waals surface area contributed by atoms with Crippen molar-refractivity contribution in [1.82, 2.24) is 10.6 Å². The van der Waals surface area contributed by atoms with E-state index >= 15 is 0 Å². The molecule has 1 aliphatic heterocycles.